The highest BCUT2D eigenvalue weighted by Gasteiger charge is 2.26. The van der Waals surface area contributed by atoms with Crippen LogP contribution in [0.4, 0.5) is 11.4 Å². The molecular weight excluding hydrogens is 400 g/mol. The summed E-state index contributed by atoms with van der Waals surface area (Å²) in [5.74, 6) is -0.149. The second kappa shape index (κ2) is 8.28. The van der Waals surface area contributed by atoms with Crippen molar-refractivity contribution in [2.45, 2.75) is 13.0 Å². The topological polar surface area (TPSA) is 73.0 Å². The Morgan fingerprint density at radius 3 is 2.47 bits per heavy atom. The van der Waals surface area contributed by atoms with E-state index in [1.807, 2.05) is 18.2 Å². The molecule has 0 bridgehead atoms. The number of fused-ring (bicyclic) bond motifs is 1. The summed E-state index contributed by atoms with van der Waals surface area (Å²) in [7, 11) is -1.16. The van der Waals surface area contributed by atoms with Crippen molar-refractivity contribution in [3.63, 3.8) is 0 Å². The number of hydrogen-bond donors (Lipinski definition) is 1. The van der Waals surface area contributed by atoms with E-state index in [0.29, 0.717) is 30.8 Å². The van der Waals surface area contributed by atoms with Gasteiger partial charge in [-0.1, -0.05) is 18.2 Å². The van der Waals surface area contributed by atoms with Gasteiger partial charge < -0.3 is 15.1 Å². The number of anilines is 2. The van der Waals surface area contributed by atoms with Crippen LogP contribution < -0.4 is 14.5 Å². The van der Waals surface area contributed by atoms with Crippen LogP contribution in [0.1, 0.15) is 21.5 Å². The molecule has 30 heavy (non-hydrogen) atoms. The summed E-state index contributed by atoms with van der Waals surface area (Å²) in [6, 6.07) is 13.4. The van der Waals surface area contributed by atoms with Crippen molar-refractivity contribution >= 4 is 27.3 Å². The van der Waals surface area contributed by atoms with Crippen LogP contribution >= 0.6 is 0 Å². The van der Waals surface area contributed by atoms with Crippen LogP contribution in [0.15, 0.2) is 42.5 Å². The molecule has 2 aliphatic rings. The van der Waals surface area contributed by atoms with Gasteiger partial charge in [-0.2, -0.15) is 0 Å². The van der Waals surface area contributed by atoms with E-state index in [2.05, 4.69) is 34.3 Å². The average Bonchev–Trinajstić information content (AvgIpc) is 3.16. The molecule has 0 atom stereocenters. The number of carbonyl (C=O) groups excluding carboxylic acids is 1. The van der Waals surface area contributed by atoms with E-state index in [0.717, 1.165) is 37.3 Å². The maximum atomic E-state index is 12.8. The lowest BCUT2D eigenvalue weighted by Crippen LogP contribution is -2.45. The van der Waals surface area contributed by atoms with Gasteiger partial charge in [0.25, 0.3) is 5.91 Å². The first-order chi connectivity index (χ1) is 14.3. The third kappa shape index (κ3) is 4.29. The van der Waals surface area contributed by atoms with Crippen molar-refractivity contribution in [2.75, 3.05) is 55.2 Å². The molecular formula is C22H28N4O3S. The maximum Gasteiger partial charge on any atom is 0.251 e. The van der Waals surface area contributed by atoms with Crippen LogP contribution in [0.2, 0.25) is 0 Å². The Balaban J connectivity index is 1.45. The Hall–Kier alpha value is -2.58. The van der Waals surface area contributed by atoms with Crippen LogP contribution in [0.25, 0.3) is 0 Å². The molecule has 1 N–H and O–H groups in total. The number of para-hydroxylation sites is 1. The summed E-state index contributed by atoms with van der Waals surface area (Å²) in [4.78, 5) is 17.5. The lowest BCUT2D eigenvalue weighted by molar-refractivity contribution is 0.0951. The zero-order chi connectivity index (χ0) is 21.3. The number of carbonyl (C=O) groups is 1. The number of benzene rings is 2. The molecule has 8 heteroatoms. The first-order valence-corrected chi connectivity index (χ1v) is 12.1. The zero-order valence-corrected chi connectivity index (χ0v) is 18.3. The fraction of sp³-hybridized carbons (Fsp3) is 0.409. The van der Waals surface area contributed by atoms with Gasteiger partial charge in [0.2, 0.25) is 10.0 Å². The summed E-state index contributed by atoms with van der Waals surface area (Å²) in [6.45, 7) is 4.89. The molecule has 1 amide bonds. The van der Waals surface area contributed by atoms with Crippen molar-refractivity contribution in [2.24, 2.45) is 0 Å². The molecule has 2 heterocycles. The number of sulfonamides is 1. The van der Waals surface area contributed by atoms with Gasteiger partial charge in [0.15, 0.2) is 0 Å². The quantitative estimate of drug-likeness (QED) is 0.785. The third-order valence-corrected chi connectivity index (χ3v) is 7.05. The summed E-state index contributed by atoms with van der Waals surface area (Å²) >= 11 is 0. The summed E-state index contributed by atoms with van der Waals surface area (Å²) < 4.78 is 25.2. The normalized spacial score (nSPS) is 17.1. The van der Waals surface area contributed by atoms with Crippen LogP contribution in [0, 0.1) is 0 Å². The zero-order valence-electron chi connectivity index (χ0n) is 17.5. The molecule has 2 aromatic carbocycles. The van der Waals surface area contributed by atoms with Crippen LogP contribution in [0.3, 0.4) is 0 Å². The Morgan fingerprint density at radius 1 is 1.00 bits per heavy atom. The van der Waals surface area contributed by atoms with E-state index in [1.54, 1.807) is 12.1 Å². The second-order valence-electron chi connectivity index (χ2n) is 8.03. The van der Waals surface area contributed by atoms with Gasteiger partial charge in [0.05, 0.1) is 11.9 Å². The third-order valence-electron chi connectivity index (χ3n) is 5.87. The first kappa shape index (κ1) is 20.7. The molecule has 0 spiro atoms. The summed E-state index contributed by atoms with van der Waals surface area (Å²) in [5, 5.41) is 3.03. The highest BCUT2D eigenvalue weighted by molar-refractivity contribution is 7.92. The van der Waals surface area contributed by atoms with E-state index < -0.39 is 10.0 Å². The number of nitrogens with one attached hydrogen (secondary N) is 1. The largest absolute Gasteiger partial charge is 0.369 e. The minimum Gasteiger partial charge on any atom is -0.369 e. The average molecular weight is 429 g/mol. The van der Waals surface area contributed by atoms with Crippen molar-refractivity contribution < 1.29 is 13.2 Å². The van der Waals surface area contributed by atoms with E-state index in [1.165, 1.54) is 16.2 Å². The van der Waals surface area contributed by atoms with Crippen LogP contribution in [-0.2, 0) is 23.0 Å². The molecule has 0 radical (unpaired) electrons. The lowest BCUT2D eigenvalue weighted by Gasteiger charge is -2.35. The van der Waals surface area contributed by atoms with Gasteiger partial charge in [-0.3, -0.25) is 9.10 Å². The number of nitrogens with zero attached hydrogens (tertiary/aromatic N) is 3. The molecule has 7 nitrogen and oxygen atoms in total. The predicted molar refractivity (Wildman–Crippen MR) is 120 cm³/mol. The summed E-state index contributed by atoms with van der Waals surface area (Å²) in [6.07, 6.45) is 1.83. The number of likely N-dealkylation sites (N-methyl/N-ethyl adjacent to an activating group) is 1. The lowest BCUT2D eigenvalue weighted by atomic mass is 10.1. The molecule has 160 valence electrons. The van der Waals surface area contributed by atoms with Gasteiger partial charge in [-0.25, -0.2) is 8.42 Å². The number of rotatable bonds is 5. The molecule has 1 saturated heterocycles. The van der Waals surface area contributed by atoms with Crippen molar-refractivity contribution in [3.05, 3.63) is 59.2 Å². The van der Waals surface area contributed by atoms with Gasteiger partial charge in [0.1, 0.15) is 0 Å². The van der Waals surface area contributed by atoms with Gasteiger partial charge in [0, 0.05) is 50.5 Å². The SMILES string of the molecule is CN1CCN(c2ccccc2CNC(=O)c2ccc3c(c2)CCN3S(C)(=O)=O)CC1. The van der Waals surface area contributed by atoms with Crippen molar-refractivity contribution in [1.29, 1.82) is 0 Å². The highest BCUT2D eigenvalue weighted by atomic mass is 32.2. The van der Waals surface area contributed by atoms with Crippen molar-refractivity contribution in [1.82, 2.24) is 10.2 Å². The number of hydrogen-bond acceptors (Lipinski definition) is 5. The van der Waals surface area contributed by atoms with E-state index in [9.17, 15) is 13.2 Å². The Morgan fingerprint density at radius 2 is 1.73 bits per heavy atom. The second-order valence-corrected chi connectivity index (χ2v) is 9.94. The maximum absolute atomic E-state index is 12.8. The Kier molecular flexibility index (Phi) is 5.71. The van der Waals surface area contributed by atoms with Gasteiger partial charge in [-0.05, 0) is 48.9 Å². The van der Waals surface area contributed by atoms with Gasteiger partial charge >= 0.3 is 0 Å². The minimum absolute atomic E-state index is 0.149. The van der Waals surface area contributed by atoms with E-state index in [4.69, 9.17) is 0 Å². The molecule has 2 aliphatic heterocycles. The molecule has 0 saturated carbocycles. The smallest absolute Gasteiger partial charge is 0.251 e. The van der Waals surface area contributed by atoms with Crippen molar-refractivity contribution in [3.8, 4) is 0 Å². The number of piperazine rings is 1. The predicted octanol–water partition coefficient (Wildman–Crippen LogP) is 1.69. The molecule has 2 aromatic rings. The molecule has 0 aliphatic carbocycles. The molecule has 4 rings (SSSR count). The fourth-order valence-corrected chi connectivity index (χ4v) is 5.11. The number of amides is 1. The van der Waals surface area contributed by atoms with Crippen LogP contribution in [-0.4, -0.2) is 65.3 Å². The summed E-state index contributed by atoms with van der Waals surface area (Å²) in [5.41, 5.74) is 4.39. The monoisotopic (exact) mass is 428 g/mol. The minimum atomic E-state index is -3.29. The Labute approximate surface area is 178 Å². The molecule has 0 unspecified atom stereocenters. The van der Waals surface area contributed by atoms with E-state index in [-0.39, 0.29) is 5.91 Å². The fourth-order valence-electron chi connectivity index (χ4n) is 4.15. The first-order valence-electron chi connectivity index (χ1n) is 10.2. The molecule has 1 fully saturated rings. The highest BCUT2D eigenvalue weighted by Crippen LogP contribution is 2.30. The Bertz CT molecular complexity index is 1050. The standard InChI is InChI=1S/C22H28N4O3S/c1-24-11-13-25(14-12-24)20-6-4-3-5-19(20)16-23-22(27)18-7-8-21-17(15-18)9-10-26(21)30(2,28)29/h3-8,15H,9-14,16H2,1-2H3,(H,23,27). The van der Waals surface area contributed by atoms with E-state index >= 15 is 0 Å². The van der Waals surface area contributed by atoms with Crippen LogP contribution in [0.5, 0.6) is 0 Å². The molecule has 0 aromatic heterocycles. The van der Waals surface area contributed by atoms with Gasteiger partial charge in [-0.15, -0.1) is 0 Å².